The lowest BCUT2D eigenvalue weighted by atomic mass is 10.1. The van der Waals surface area contributed by atoms with E-state index < -0.39 is 5.91 Å². The van der Waals surface area contributed by atoms with Gasteiger partial charge in [0.1, 0.15) is 5.75 Å². The van der Waals surface area contributed by atoms with E-state index in [0.29, 0.717) is 23.5 Å². The first-order valence-electron chi connectivity index (χ1n) is 8.30. The Hall–Kier alpha value is -3.20. The number of rotatable bonds is 5. The van der Waals surface area contributed by atoms with Gasteiger partial charge in [0.25, 0.3) is 5.91 Å². The van der Waals surface area contributed by atoms with Crippen molar-refractivity contribution in [2.24, 2.45) is 0 Å². The van der Waals surface area contributed by atoms with Crippen molar-refractivity contribution in [2.75, 3.05) is 25.1 Å². The van der Waals surface area contributed by atoms with Gasteiger partial charge in [0.15, 0.2) is 6.61 Å². The number of benzene rings is 1. The van der Waals surface area contributed by atoms with Gasteiger partial charge in [0, 0.05) is 24.0 Å². The smallest absolute Gasteiger partial charge is 0.316 e. The molecule has 0 bridgehead atoms. The van der Waals surface area contributed by atoms with Gasteiger partial charge in [-0.25, -0.2) is 0 Å². The summed E-state index contributed by atoms with van der Waals surface area (Å²) in [5, 5.41) is 8.63. The van der Waals surface area contributed by atoms with Gasteiger partial charge in [0.2, 0.25) is 5.82 Å². The lowest BCUT2D eigenvalue weighted by Gasteiger charge is -2.25. The minimum atomic E-state index is -0.412. The Morgan fingerprint density at radius 3 is 3.07 bits per heavy atom. The minimum Gasteiger partial charge on any atom is -0.482 e. The second-order valence-electron chi connectivity index (χ2n) is 5.93. The van der Waals surface area contributed by atoms with Crippen LogP contribution in [-0.4, -0.2) is 42.2 Å². The summed E-state index contributed by atoms with van der Waals surface area (Å²) in [4.78, 5) is 30.7. The van der Waals surface area contributed by atoms with Gasteiger partial charge >= 0.3 is 11.8 Å². The average molecular weight is 384 g/mol. The molecule has 1 aromatic carbocycles. The zero-order valence-corrected chi connectivity index (χ0v) is 15.3. The topological polar surface area (TPSA) is 97.6 Å². The van der Waals surface area contributed by atoms with Gasteiger partial charge in [0.05, 0.1) is 5.69 Å². The van der Waals surface area contributed by atoms with E-state index >= 15 is 0 Å². The molecule has 8 nitrogen and oxygen atoms in total. The zero-order valence-electron chi connectivity index (χ0n) is 14.5. The third-order valence-corrected chi connectivity index (χ3v) is 5.10. The number of amides is 2. The standard InChI is InChI=1S/C18H16N4O4S/c1-22-13-5-4-11(9-14(13)25-10-15(22)23)16-20-18(26-21-16)17(24)19-7-6-12-3-2-8-27-12/h2-5,8-9H,6-7,10H2,1H3,(H,19,24). The maximum absolute atomic E-state index is 12.2. The normalized spacial score (nSPS) is 13.2. The van der Waals surface area contributed by atoms with Crippen LogP contribution in [0.2, 0.25) is 0 Å². The van der Waals surface area contributed by atoms with Crippen LogP contribution in [0.15, 0.2) is 40.2 Å². The summed E-state index contributed by atoms with van der Waals surface area (Å²) in [6.45, 7) is 0.473. The molecule has 27 heavy (non-hydrogen) atoms. The first-order chi connectivity index (χ1) is 13.1. The number of carbonyl (C=O) groups excluding carboxylic acids is 2. The predicted octanol–water partition coefficient (Wildman–Crippen LogP) is 2.13. The van der Waals surface area contributed by atoms with Gasteiger partial charge < -0.3 is 19.5 Å². The molecule has 0 saturated heterocycles. The Kier molecular flexibility index (Phi) is 4.59. The van der Waals surface area contributed by atoms with Crippen molar-refractivity contribution in [1.29, 1.82) is 0 Å². The van der Waals surface area contributed by atoms with Crippen molar-refractivity contribution in [3.05, 3.63) is 46.5 Å². The van der Waals surface area contributed by atoms with Crippen molar-refractivity contribution in [1.82, 2.24) is 15.5 Å². The maximum Gasteiger partial charge on any atom is 0.316 e. The monoisotopic (exact) mass is 384 g/mol. The molecule has 3 heterocycles. The van der Waals surface area contributed by atoms with Crippen LogP contribution in [0.3, 0.4) is 0 Å². The molecule has 1 aliphatic rings. The molecular formula is C18H16N4O4S. The van der Waals surface area contributed by atoms with Crippen molar-refractivity contribution < 1.29 is 18.8 Å². The predicted molar refractivity (Wildman–Crippen MR) is 99.0 cm³/mol. The molecule has 0 spiro atoms. The molecule has 0 fully saturated rings. The Morgan fingerprint density at radius 2 is 2.26 bits per heavy atom. The van der Waals surface area contributed by atoms with E-state index in [1.165, 1.54) is 9.78 Å². The molecule has 138 valence electrons. The molecule has 0 saturated carbocycles. The van der Waals surface area contributed by atoms with Crippen molar-refractivity contribution in [3.8, 4) is 17.1 Å². The Bertz CT molecular complexity index is 983. The highest BCUT2D eigenvalue weighted by Gasteiger charge is 2.23. The Labute approximate surface area is 158 Å². The summed E-state index contributed by atoms with van der Waals surface area (Å²) in [5.41, 5.74) is 1.31. The fraction of sp³-hybridized carbons (Fsp3) is 0.222. The van der Waals surface area contributed by atoms with Gasteiger partial charge in [-0.05, 0) is 36.1 Å². The van der Waals surface area contributed by atoms with Gasteiger partial charge in [-0.15, -0.1) is 11.3 Å². The number of thiophene rings is 1. The first-order valence-corrected chi connectivity index (χ1v) is 9.18. The van der Waals surface area contributed by atoms with Crippen LogP contribution >= 0.6 is 11.3 Å². The first kappa shape index (κ1) is 17.2. The molecule has 2 aromatic heterocycles. The number of aromatic nitrogens is 2. The number of anilines is 1. The van der Waals surface area contributed by atoms with Gasteiger partial charge in [-0.3, -0.25) is 9.59 Å². The summed E-state index contributed by atoms with van der Waals surface area (Å²) in [7, 11) is 1.69. The van der Waals surface area contributed by atoms with E-state index in [1.807, 2.05) is 17.5 Å². The summed E-state index contributed by atoms with van der Waals surface area (Å²) in [6, 6.07) is 9.22. The molecule has 1 N–H and O–H groups in total. The fourth-order valence-corrected chi connectivity index (χ4v) is 3.39. The van der Waals surface area contributed by atoms with Crippen LogP contribution < -0.4 is 15.0 Å². The van der Waals surface area contributed by atoms with E-state index in [2.05, 4.69) is 15.5 Å². The molecular weight excluding hydrogens is 368 g/mol. The Balaban J connectivity index is 1.44. The van der Waals surface area contributed by atoms with Crippen molar-refractivity contribution in [2.45, 2.75) is 6.42 Å². The lowest BCUT2D eigenvalue weighted by Crippen LogP contribution is -2.35. The number of hydrogen-bond donors (Lipinski definition) is 1. The summed E-state index contributed by atoms with van der Waals surface area (Å²) < 4.78 is 10.5. The largest absolute Gasteiger partial charge is 0.482 e. The summed E-state index contributed by atoms with van der Waals surface area (Å²) in [5.74, 6) is 0.217. The van der Waals surface area contributed by atoms with Crippen LogP contribution in [-0.2, 0) is 11.2 Å². The van der Waals surface area contributed by atoms with E-state index in [1.54, 1.807) is 36.6 Å². The SMILES string of the molecule is CN1C(=O)COc2cc(-c3noc(C(=O)NCCc4cccs4)n3)ccc21. The van der Waals surface area contributed by atoms with Crippen LogP contribution in [0.4, 0.5) is 5.69 Å². The lowest BCUT2D eigenvalue weighted by molar-refractivity contribution is -0.120. The molecule has 0 atom stereocenters. The number of likely N-dealkylation sites (N-methyl/N-ethyl adjacent to an activating group) is 1. The Morgan fingerprint density at radius 1 is 1.37 bits per heavy atom. The van der Waals surface area contributed by atoms with E-state index in [0.717, 1.165) is 6.42 Å². The number of ether oxygens (including phenoxy) is 1. The van der Waals surface area contributed by atoms with Crippen LogP contribution in [0, 0.1) is 0 Å². The molecule has 4 rings (SSSR count). The minimum absolute atomic E-state index is 0.0168. The molecule has 2 amide bonds. The highest BCUT2D eigenvalue weighted by atomic mass is 32.1. The molecule has 0 aliphatic carbocycles. The van der Waals surface area contributed by atoms with Crippen molar-refractivity contribution in [3.63, 3.8) is 0 Å². The van der Waals surface area contributed by atoms with Crippen LogP contribution in [0.5, 0.6) is 5.75 Å². The number of nitrogens with one attached hydrogen (secondary N) is 1. The van der Waals surface area contributed by atoms with E-state index in [9.17, 15) is 9.59 Å². The summed E-state index contributed by atoms with van der Waals surface area (Å²) >= 11 is 1.64. The fourth-order valence-electron chi connectivity index (χ4n) is 2.68. The van der Waals surface area contributed by atoms with Gasteiger partial charge in [-0.2, -0.15) is 4.98 Å². The summed E-state index contributed by atoms with van der Waals surface area (Å²) in [6.07, 6.45) is 0.749. The number of hydrogen-bond acceptors (Lipinski definition) is 7. The van der Waals surface area contributed by atoms with Gasteiger partial charge in [-0.1, -0.05) is 11.2 Å². The third-order valence-electron chi connectivity index (χ3n) is 4.16. The highest BCUT2D eigenvalue weighted by molar-refractivity contribution is 7.09. The molecule has 9 heteroatoms. The molecule has 0 radical (unpaired) electrons. The number of fused-ring (bicyclic) bond motifs is 1. The number of nitrogens with zero attached hydrogens (tertiary/aromatic N) is 3. The van der Waals surface area contributed by atoms with Crippen molar-refractivity contribution >= 4 is 28.8 Å². The quantitative estimate of drug-likeness (QED) is 0.724. The maximum atomic E-state index is 12.2. The highest BCUT2D eigenvalue weighted by Crippen LogP contribution is 2.34. The second-order valence-corrected chi connectivity index (χ2v) is 6.96. The molecule has 3 aromatic rings. The number of carbonyl (C=O) groups is 2. The molecule has 1 aliphatic heterocycles. The van der Waals surface area contributed by atoms with Crippen LogP contribution in [0.25, 0.3) is 11.4 Å². The third kappa shape index (κ3) is 3.54. The van der Waals surface area contributed by atoms with E-state index in [-0.39, 0.29) is 24.2 Å². The van der Waals surface area contributed by atoms with Crippen LogP contribution in [0.1, 0.15) is 15.6 Å². The molecule has 0 unspecified atom stereocenters. The van der Waals surface area contributed by atoms with E-state index in [4.69, 9.17) is 9.26 Å². The zero-order chi connectivity index (χ0) is 18.8. The average Bonchev–Trinajstić information content (AvgIpc) is 3.36. The second kappa shape index (κ2) is 7.20.